The van der Waals surface area contributed by atoms with Crippen molar-refractivity contribution in [3.63, 3.8) is 0 Å². The maximum absolute atomic E-state index is 11.3. The number of rotatable bonds is 4. The molecule has 1 aromatic carbocycles. The van der Waals surface area contributed by atoms with Gasteiger partial charge in [0.25, 0.3) is 0 Å². The van der Waals surface area contributed by atoms with Crippen molar-refractivity contribution >= 4 is 11.8 Å². The molecule has 20 heavy (non-hydrogen) atoms. The van der Waals surface area contributed by atoms with Crippen LogP contribution in [0, 0.1) is 13.8 Å². The first-order valence-corrected chi connectivity index (χ1v) is 6.45. The fraction of sp³-hybridized carbons (Fsp3) is 0.250. The van der Waals surface area contributed by atoms with Gasteiger partial charge in [-0.25, -0.2) is 9.78 Å². The number of aromatic nitrogens is 1. The number of aryl methyl sites for hydroxylation is 2. The molecule has 2 aromatic rings. The Balaban J connectivity index is 2.34. The van der Waals surface area contributed by atoms with Crippen LogP contribution >= 0.6 is 0 Å². The lowest BCUT2D eigenvalue weighted by Crippen LogP contribution is -2.21. The predicted octanol–water partition coefficient (Wildman–Crippen LogP) is 3.03. The summed E-state index contributed by atoms with van der Waals surface area (Å²) < 4.78 is 0. The second-order valence-corrected chi connectivity index (χ2v) is 4.91. The molecule has 0 saturated heterocycles. The molecule has 4 heteroatoms. The van der Waals surface area contributed by atoms with Crippen LogP contribution in [0.4, 0.5) is 5.82 Å². The predicted molar refractivity (Wildman–Crippen MR) is 79.2 cm³/mol. The van der Waals surface area contributed by atoms with E-state index in [1.807, 2.05) is 50.1 Å². The number of carboxylic acids is 1. The molecule has 0 aliphatic heterocycles. The molecule has 0 aliphatic rings. The van der Waals surface area contributed by atoms with Crippen molar-refractivity contribution in [3.8, 4) is 0 Å². The smallest absolute Gasteiger partial charge is 0.339 e. The number of nitrogens with zero attached hydrogens (tertiary/aromatic N) is 2. The lowest BCUT2D eigenvalue weighted by Gasteiger charge is -2.21. The summed E-state index contributed by atoms with van der Waals surface area (Å²) in [6.07, 6.45) is 0. The van der Waals surface area contributed by atoms with Crippen LogP contribution in [0.5, 0.6) is 0 Å². The van der Waals surface area contributed by atoms with E-state index < -0.39 is 5.97 Å². The Morgan fingerprint density at radius 1 is 1.20 bits per heavy atom. The van der Waals surface area contributed by atoms with Crippen LogP contribution in [0.15, 0.2) is 36.4 Å². The molecule has 0 radical (unpaired) electrons. The van der Waals surface area contributed by atoms with Crippen LogP contribution in [-0.2, 0) is 6.54 Å². The van der Waals surface area contributed by atoms with Crippen LogP contribution in [0.2, 0.25) is 0 Å². The van der Waals surface area contributed by atoms with Gasteiger partial charge in [0.05, 0.1) is 0 Å². The molecular formula is C16H18N2O2. The largest absolute Gasteiger partial charge is 0.478 e. The van der Waals surface area contributed by atoms with E-state index in [-0.39, 0.29) is 5.56 Å². The van der Waals surface area contributed by atoms with Gasteiger partial charge in [-0.1, -0.05) is 24.3 Å². The van der Waals surface area contributed by atoms with Crippen molar-refractivity contribution < 1.29 is 9.90 Å². The SMILES string of the molecule is Cc1ccc(C(=O)O)c(N(C)Cc2ccccc2C)n1. The highest BCUT2D eigenvalue weighted by Crippen LogP contribution is 2.20. The Morgan fingerprint density at radius 3 is 2.55 bits per heavy atom. The van der Waals surface area contributed by atoms with E-state index >= 15 is 0 Å². The van der Waals surface area contributed by atoms with Crippen LogP contribution < -0.4 is 4.90 Å². The Labute approximate surface area is 118 Å². The second kappa shape index (κ2) is 5.74. The number of carbonyl (C=O) groups is 1. The monoisotopic (exact) mass is 270 g/mol. The standard InChI is InChI=1S/C16H18N2O2/c1-11-6-4-5-7-13(11)10-18(3)15-14(16(19)20)9-8-12(2)17-15/h4-9H,10H2,1-3H3,(H,19,20). The summed E-state index contributed by atoms with van der Waals surface area (Å²) in [5.74, 6) is -0.454. The minimum absolute atomic E-state index is 0.228. The van der Waals surface area contributed by atoms with Gasteiger partial charge >= 0.3 is 5.97 Å². The average molecular weight is 270 g/mol. The average Bonchev–Trinajstić information content (AvgIpc) is 2.40. The lowest BCUT2D eigenvalue weighted by molar-refractivity contribution is 0.0697. The summed E-state index contributed by atoms with van der Waals surface area (Å²) in [4.78, 5) is 17.5. The molecular weight excluding hydrogens is 252 g/mol. The zero-order chi connectivity index (χ0) is 14.7. The van der Waals surface area contributed by atoms with E-state index in [2.05, 4.69) is 4.98 Å². The van der Waals surface area contributed by atoms with Gasteiger partial charge in [0, 0.05) is 19.3 Å². The Bertz CT molecular complexity index is 638. The third-order valence-electron chi connectivity index (χ3n) is 3.28. The maximum atomic E-state index is 11.3. The number of carboxylic acid groups (broad SMARTS) is 1. The molecule has 1 N–H and O–H groups in total. The first kappa shape index (κ1) is 14.1. The molecule has 1 heterocycles. The van der Waals surface area contributed by atoms with Gasteiger partial charge < -0.3 is 10.0 Å². The van der Waals surface area contributed by atoms with Crippen LogP contribution in [0.25, 0.3) is 0 Å². The fourth-order valence-electron chi connectivity index (χ4n) is 2.12. The summed E-state index contributed by atoms with van der Waals surface area (Å²) >= 11 is 0. The quantitative estimate of drug-likeness (QED) is 0.927. The van der Waals surface area contributed by atoms with Gasteiger partial charge in [0.1, 0.15) is 11.4 Å². The van der Waals surface area contributed by atoms with Gasteiger partial charge in [0.15, 0.2) is 0 Å². The number of hydrogen-bond acceptors (Lipinski definition) is 3. The molecule has 4 nitrogen and oxygen atoms in total. The van der Waals surface area contributed by atoms with Gasteiger partial charge in [-0.3, -0.25) is 0 Å². The van der Waals surface area contributed by atoms with Crippen molar-refractivity contribution in [3.05, 3.63) is 58.8 Å². The molecule has 0 amide bonds. The zero-order valence-electron chi connectivity index (χ0n) is 11.9. The van der Waals surface area contributed by atoms with Crippen molar-refractivity contribution in [1.29, 1.82) is 0 Å². The summed E-state index contributed by atoms with van der Waals surface area (Å²) in [6, 6.07) is 11.4. The van der Waals surface area contributed by atoms with Gasteiger partial charge in [-0.2, -0.15) is 0 Å². The first-order chi connectivity index (χ1) is 9.49. The lowest BCUT2D eigenvalue weighted by atomic mass is 10.1. The third kappa shape index (κ3) is 2.96. The molecule has 0 spiro atoms. The van der Waals surface area contributed by atoms with E-state index in [9.17, 15) is 9.90 Å². The van der Waals surface area contributed by atoms with Crippen molar-refractivity contribution in [2.75, 3.05) is 11.9 Å². The van der Waals surface area contributed by atoms with Gasteiger partial charge in [-0.05, 0) is 37.1 Å². The topological polar surface area (TPSA) is 53.4 Å². The van der Waals surface area contributed by atoms with E-state index in [1.165, 1.54) is 5.56 Å². The highest BCUT2D eigenvalue weighted by molar-refractivity contribution is 5.93. The highest BCUT2D eigenvalue weighted by Gasteiger charge is 2.16. The van der Waals surface area contributed by atoms with Crippen molar-refractivity contribution in [1.82, 2.24) is 4.98 Å². The Kier molecular flexibility index (Phi) is 4.03. The third-order valence-corrected chi connectivity index (χ3v) is 3.28. The first-order valence-electron chi connectivity index (χ1n) is 6.45. The number of pyridine rings is 1. The molecule has 0 unspecified atom stereocenters. The van der Waals surface area contributed by atoms with E-state index in [4.69, 9.17) is 0 Å². The van der Waals surface area contributed by atoms with Crippen LogP contribution in [-0.4, -0.2) is 23.1 Å². The van der Waals surface area contributed by atoms with Crippen molar-refractivity contribution in [2.45, 2.75) is 20.4 Å². The van der Waals surface area contributed by atoms with Gasteiger partial charge in [0.2, 0.25) is 0 Å². The number of aromatic carboxylic acids is 1. The zero-order valence-corrected chi connectivity index (χ0v) is 11.9. The highest BCUT2D eigenvalue weighted by atomic mass is 16.4. The van der Waals surface area contributed by atoms with Crippen molar-refractivity contribution in [2.24, 2.45) is 0 Å². The normalized spacial score (nSPS) is 10.3. The molecule has 2 rings (SSSR count). The number of anilines is 1. The number of benzene rings is 1. The molecule has 1 aromatic heterocycles. The molecule has 0 bridgehead atoms. The minimum Gasteiger partial charge on any atom is -0.478 e. The second-order valence-electron chi connectivity index (χ2n) is 4.91. The summed E-state index contributed by atoms with van der Waals surface area (Å²) in [7, 11) is 1.86. The molecule has 0 aliphatic carbocycles. The molecule has 104 valence electrons. The molecule has 0 fully saturated rings. The summed E-state index contributed by atoms with van der Waals surface area (Å²) in [5.41, 5.74) is 3.38. The maximum Gasteiger partial charge on any atom is 0.339 e. The van der Waals surface area contributed by atoms with Crippen LogP contribution in [0.1, 0.15) is 27.2 Å². The Morgan fingerprint density at radius 2 is 1.90 bits per heavy atom. The van der Waals surface area contributed by atoms with E-state index in [0.29, 0.717) is 12.4 Å². The summed E-state index contributed by atoms with van der Waals surface area (Å²) in [6.45, 7) is 4.53. The van der Waals surface area contributed by atoms with Gasteiger partial charge in [-0.15, -0.1) is 0 Å². The van der Waals surface area contributed by atoms with E-state index in [1.54, 1.807) is 12.1 Å². The fourth-order valence-corrected chi connectivity index (χ4v) is 2.12. The van der Waals surface area contributed by atoms with Crippen LogP contribution in [0.3, 0.4) is 0 Å². The summed E-state index contributed by atoms with van der Waals surface area (Å²) in [5, 5.41) is 9.26. The number of hydrogen-bond donors (Lipinski definition) is 1. The van der Waals surface area contributed by atoms with E-state index in [0.717, 1.165) is 11.3 Å². The molecule has 0 saturated carbocycles. The molecule has 0 atom stereocenters. The minimum atomic E-state index is -0.955. The Hall–Kier alpha value is -2.36.